The van der Waals surface area contributed by atoms with Crippen molar-refractivity contribution in [1.82, 2.24) is 0 Å². The standard InChI is InChI=1S/C12H18O2/c1-5-10-6-7-11(14-9(2)3)8-12(10)13-4/h6-9H,5H2,1-4H3. The molecule has 0 aliphatic heterocycles. The molecule has 0 atom stereocenters. The molecule has 0 heterocycles. The monoisotopic (exact) mass is 194 g/mol. The minimum absolute atomic E-state index is 0.201. The first-order valence-electron chi connectivity index (χ1n) is 5.01. The van der Waals surface area contributed by atoms with E-state index in [0.717, 1.165) is 17.9 Å². The second-order valence-electron chi connectivity index (χ2n) is 3.49. The molecule has 0 aliphatic carbocycles. The van der Waals surface area contributed by atoms with Crippen molar-refractivity contribution in [2.45, 2.75) is 33.3 Å². The van der Waals surface area contributed by atoms with E-state index in [4.69, 9.17) is 9.47 Å². The normalized spacial score (nSPS) is 10.4. The van der Waals surface area contributed by atoms with Gasteiger partial charge in [0.2, 0.25) is 0 Å². The summed E-state index contributed by atoms with van der Waals surface area (Å²) in [6.07, 6.45) is 1.18. The first kappa shape index (κ1) is 10.9. The number of methoxy groups -OCH3 is 1. The Kier molecular flexibility index (Phi) is 3.81. The summed E-state index contributed by atoms with van der Waals surface area (Å²) in [6, 6.07) is 5.98. The van der Waals surface area contributed by atoms with Crippen LogP contribution in [0.25, 0.3) is 0 Å². The second kappa shape index (κ2) is 4.89. The van der Waals surface area contributed by atoms with Crippen LogP contribution in [0.1, 0.15) is 26.3 Å². The van der Waals surface area contributed by atoms with Crippen molar-refractivity contribution >= 4 is 0 Å². The Morgan fingerprint density at radius 1 is 1.29 bits per heavy atom. The fourth-order valence-corrected chi connectivity index (χ4v) is 1.36. The highest BCUT2D eigenvalue weighted by Gasteiger charge is 2.04. The van der Waals surface area contributed by atoms with Gasteiger partial charge in [-0.1, -0.05) is 13.0 Å². The first-order valence-corrected chi connectivity index (χ1v) is 5.01. The molecular formula is C12H18O2. The third-order valence-electron chi connectivity index (χ3n) is 2.01. The van der Waals surface area contributed by atoms with E-state index in [-0.39, 0.29) is 6.10 Å². The van der Waals surface area contributed by atoms with E-state index in [0.29, 0.717) is 0 Å². The molecule has 0 aliphatic rings. The van der Waals surface area contributed by atoms with Crippen LogP contribution in [0.15, 0.2) is 18.2 Å². The average Bonchev–Trinajstić information content (AvgIpc) is 2.16. The lowest BCUT2D eigenvalue weighted by Crippen LogP contribution is -2.05. The summed E-state index contributed by atoms with van der Waals surface area (Å²) in [5.74, 6) is 1.78. The Balaban J connectivity index is 2.89. The molecule has 0 spiro atoms. The Morgan fingerprint density at radius 2 is 2.00 bits per heavy atom. The molecule has 0 N–H and O–H groups in total. The summed E-state index contributed by atoms with van der Waals surface area (Å²) < 4.78 is 10.9. The minimum atomic E-state index is 0.201. The minimum Gasteiger partial charge on any atom is -0.496 e. The van der Waals surface area contributed by atoms with E-state index in [1.54, 1.807) is 7.11 Å². The van der Waals surface area contributed by atoms with Crippen LogP contribution >= 0.6 is 0 Å². The van der Waals surface area contributed by atoms with Gasteiger partial charge in [0.05, 0.1) is 13.2 Å². The van der Waals surface area contributed by atoms with E-state index in [1.807, 2.05) is 26.0 Å². The molecule has 0 fully saturated rings. The third kappa shape index (κ3) is 2.66. The highest BCUT2D eigenvalue weighted by atomic mass is 16.5. The third-order valence-corrected chi connectivity index (χ3v) is 2.01. The molecule has 14 heavy (non-hydrogen) atoms. The van der Waals surface area contributed by atoms with E-state index in [1.165, 1.54) is 5.56 Å². The molecule has 1 rings (SSSR count). The van der Waals surface area contributed by atoms with Gasteiger partial charge in [-0.3, -0.25) is 0 Å². The molecular weight excluding hydrogens is 176 g/mol. The van der Waals surface area contributed by atoms with Crippen LogP contribution in [-0.2, 0) is 6.42 Å². The van der Waals surface area contributed by atoms with Crippen LogP contribution in [0.4, 0.5) is 0 Å². The van der Waals surface area contributed by atoms with Gasteiger partial charge in [-0.25, -0.2) is 0 Å². The zero-order chi connectivity index (χ0) is 10.6. The molecule has 0 radical (unpaired) electrons. The predicted molar refractivity (Wildman–Crippen MR) is 58.1 cm³/mol. The van der Waals surface area contributed by atoms with E-state index in [2.05, 4.69) is 13.0 Å². The quantitative estimate of drug-likeness (QED) is 0.733. The van der Waals surface area contributed by atoms with Crippen molar-refractivity contribution in [2.24, 2.45) is 0 Å². The smallest absolute Gasteiger partial charge is 0.125 e. The van der Waals surface area contributed by atoms with Crippen molar-refractivity contribution in [3.05, 3.63) is 23.8 Å². The molecule has 2 heteroatoms. The molecule has 0 saturated carbocycles. The average molecular weight is 194 g/mol. The van der Waals surface area contributed by atoms with Crippen LogP contribution in [0.5, 0.6) is 11.5 Å². The predicted octanol–water partition coefficient (Wildman–Crippen LogP) is 3.04. The number of benzene rings is 1. The van der Waals surface area contributed by atoms with Crippen LogP contribution in [-0.4, -0.2) is 13.2 Å². The van der Waals surface area contributed by atoms with Crippen LogP contribution in [0.2, 0.25) is 0 Å². The molecule has 1 aromatic rings. The summed E-state index contributed by atoms with van der Waals surface area (Å²) in [5.41, 5.74) is 1.21. The van der Waals surface area contributed by atoms with Crippen LogP contribution in [0, 0.1) is 0 Å². The molecule has 0 unspecified atom stereocenters. The number of rotatable bonds is 4. The van der Waals surface area contributed by atoms with Crippen molar-refractivity contribution in [3.63, 3.8) is 0 Å². The highest BCUT2D eigenvalue weighted by Crippen LogP contribution is 2.25. The Labute approximate surface area is 85.8 Å². The highest BCUT2D eigenvalue weighted by molar-refractivity contribution is 5.40. The summed E-state index contributed by atoms with van der Waals surface area (Å²) in [7, 11) is 1.69. The summed E-state index contributed by atoms with van der Waals surface area (Å²) in [6.45, 7) is 6.14. The van der Waals surface area contributed by atoms with Gasteiger partial charge in [0.1, 0.15) is 11.5 Å². The molecule has 0 amide bonds. The fourth-order valence-electron chi connectivity index (χ4n) is 1.36. The van der Waals surface area contributed by atoms with Gasteiger partial charge in [0, 0.05) is 6.07 Å². The maximum Gasteiger partial charge on any atom is 0.125 e. The molecule has 78 valence electrons. The van der Waals surface area contributed by atoms with E-state index >= 15 is 0 Å². The van der Waals surface area contributed by atoms with Crippen molar-refractivity contribution in [2.75, 3.05) is 7.11 Å². The van der Waals surface area contributed by atoms with Gasteiger partial charge in [-0.15, -0.1) is 0 Å². The maximum atomic E-state index is 5.58. The molecule has 2 nitrogen and oxygen atoms in total. The lowest BCUT2D eigenvalue weighted by Gasteiger charge is -2.12. The summed E-state index contributed by atoms with van der Waals surface area (Å²) in [4.78, 5) is 0. The lowest BCUT2D eigenvalue weighted by atomic mass is 10.1. The second-order valence-corrected chi connectivity index (χ2v) is 3.49. The zero-order valence-corrected chi connectivity index (χ0v) is 9.33. The van der Waals surface area contributed by atoms with Gasteiger partial charge >= 0.3 is 0 Å². The van der Waals surface area contributed by atoms with Crippen LogP contribution < -0.4 is 9.47 Å². The molecule has 0 saturated heterocycles. The topological polar surface area (TPSA) is 18.5 Å². The van der Waals surface area contributed by atoms with Gasteiger partial charge in [-0.05, 0) is 31.9 Å². The van der Waals surface area contributed by atoms with E-state index < -0.39 is 0 Å². The SMILES string of the molecule is CCc1ccc(OC(C)C)cc1OC. The van der Waals surface area contributed by atoms with Crippen molar-refractivity contribution < 1.29 is 9.47 Å². The number of hydrogen-bond donors (Lipinski definition) is 0. The number of aryl methyl sites for hydroxylation is 1. The Bertz CT molecular complexity index is 292. The van der Waals surface area contributed by atoms with E-state index in [9.17, 15) is 0 Å². The van der Waals surface area contributed by atoms with Crippen molar-refractivity contribution in [3.8, 4) is 11.5 Å². The summed E-state index contributed by atoms with van der Waals surface area (Å²) >= 11 is 0. The Morgan fingerprint density at radius 3 is 2.50 bits per heavy atom. The van der Waals surface area contributed by atoms with Gasteiger partial charge in [-0.2, -0.15) is 0 Å². The number of hydrogen-bond acceptors (Lipinski definition) is 2. The largest absolute Gasteiger partial charge is 0.496 e. The molecule has 0 aromatic heterocycles. The molecule has 0 bridgehead atoms. The maximum absolute atomic E-state index is 5.58. The lowest BCUT2D eigenvalue weighted by molar-refractivity contribution is 0.241. The zero-order valence-electron chi connectivity index (χ0n) is 9.33. The Hall–Kier alpha value is -1.18. The van der Waals surface area contributed by atoms with Gasteiger partial charge < -0.3 is 9.47 Å². The van der Waals surface area contributed by atoms with Gasteiger partial charge in [0.25, 0.3) is 0 Å². The number of ether oxygens (including phenoxy) is 2. The fraction of sp³-hybridized carbons (Fsp3) is 0.500. The van der Waals surface area contributed by atoms with Crippen LogP contribution in [0.3, 0.4) is 0 Å². The molecule has 1 aromatic carbocycles. The van der Waals surface area contributed by atoms with Gasteiger partial charge in [0.15, 0.2) is 0 Å². The first-order chi connectivity index (χ1) is 6.67. The summed E-state index contributed by atoms with van der Waals surface area (Å²) in [5, 5.41) is 0. The van der Waals surface area contributed by atoms with Crippen molar-refractivity contribution in [1.29, 1.82) is 0 Å².